The van der Waals surface area contributed by atoms with E-state index in [1.54, 1.807) is 0 Å². The van der Waals surface area contributed by atoms with Crippen molar-refractivity contribution in [1.29, 1.82) is 0 Å². The summed E-state index contributed by atoms with van der Waals surface area (Å²) in [7, 11) is 0. The molecule has 0 radical (unpaired) electrons. The molecule has 0 unspecified atom stereocenters. The Kier molecular flexibility index (Phi) is 7.26. The number of nitrogens with one attached hydrogen (secondary N) is 1. The second-order valence-corrected chi connectivity index (χ2v) is 8.28. The fourth-order valence-corrected chi connectivity index (χ4v) is 4.64. The van der Waals surface area contributed by atoms with Gasteiger partial charge in [-0.05, 0) is 63.1 Å². The van der Waals surface area contributed by atoms with Crippen molar-refractivity contribution in [3.8, 4) is 0 Å². The topological polar surface area (TPSA) is 35.6 Å². The molecule has 0 saturated carbocycles. The minimum Gasteiger partial charge on any atom is -0.372 e. The van der Waals surface area contributed by atoms with Crippen molar-refractivity contribution in [3.63, 3.8) is 0 Å². The van der Waals surface area contributed by atoms with Crippen LogP contribution in [0.15, 0.2) is 47.4 Å². The number of benzene rings is 2. The molecule has 1 heterocycles. The Labute approximate surface area is 173 Å². The predicted octanol–water partition coefficient (Wildman–Crippen LogP) is 4.57. The van der Waals surface area contributed by atoms with Gasteiger partial charge in [0.2, 0.25) is 0 Å². The number of amides is 1. The van der Waals surface area contributed by atoms with Crippen LogP contribution in [0.25, 0.3) is 0 Å². The molecule has 0 atom stereocenters. The minimum atomic E-state index is 0.0213. The van der Waals surface area contributed by atoms with E-state index in [2.05, 4.69) is 66.2 Å². The molecule has 1 aliphatic heterocycles. The maximum Gasteiger partial charge on any atom is 0.251 e. The first-order valence-corrected chi connectivity index (χ1v) is 11.2. The first-order valence-electron chi connectivity index (χ1n) is 10.2. The van der Waals surface area contributed by atoms with Crippen molar-refractivity contribution < 1.29 is 4.79 Å². The lowest BCUT2D eigenvalue weighted by molar-refractivity contribution is 0.0953. The van der Waals surface area contributed by atoms with E-state index in [0.717, 1.165) is 43.9 Å². The van der Waals surface area contributed by atoms with Crippen LogP contribution in [-0.2, 0) is 0 Å². The molecular weight excluding hydrogens is 366 g/mol. The zero-order chi connectivity index (χ0) is 19.9. The number of fused-ring (bicyclic) bond motifs is 1. The number of aryl methyl sites for hydroxylation is 1. The van der Waals surface area contributed by atoms with Crippen LogP contribution in [0.1, 0.15) is 36.2 Å². The van der Waals surface area contributed by atoms with E-state index in [1.165, 1.54) is 21.8 Å². The van der Waals surface area contributed by atoms with E-state index < -0.39 is 0 Å². The summed E-state index contributed by atoms with van der Waals surface area (Å²) < 4.78 is 0. The maximum absolute atomic E-state index is 12.6. The summed E-state index contributed by atoms with van der Waals surface area (Å²) in [5.74, 6) is 1.13. The van der Waals surface area contributed by atoms with Gasteiger partial charge in [0.05, 0.1) is 5.69 Å². The van der Waals surface area contributed by atoms with Crippen LogP contribution in [0.2, 0.25) is 0 Å². The average molecular weight is 398 g/mol. The summed E-state index contributed by atoms with van der Waals surface area (Å²) in [6.45, 7) is 11.1. The molecule has 28 heavy (non-hydrogen) atoms. The second-order valence-electron chi connectivity index (χ2n) is 7.14. The fraction of sp³-hybridized carbons (Fsp3) is 0.435. The molecule has 2 aromatic carbocycles. The molecule has 1 aliphatic rings. The molecule has 2 aromatic rings. The molecule has 0 saturated heterocycles. The van der Waals surface area contributed by atoms with E-state index >= 15 is 0 Å². The fourth-order valence-electron chi connectivity index (χ4n) is 3.61. The molecule has 3 rings (SSSR count). The van der Waals surface area contributed by atoms with Gasteiger partial charge >= 0.3 is 0 Å². The summed E-state index contributed by atoms with van der Waals surface area (Å²) in [4.78, 5) is 18.6. The maximum atomic E-state index is 12.6. The lowest BCUT2D eigenvalue weighted by atomic mass is 10.1. The van der Waals surface area contributed by atoms with Gasteiger partial charge in [0, 0.05) is 54.6 Å². The summed E-state index contributed by atoms with van der Waals surface area (Å²) >= 11 is 1.88. The quantitative estimate of drug-likeness (QED) is 0.662. The van der Waals surface area contributed by atoms with E-state index in [4.69, 9.17) is 0 Å². The molecule has 4 nitrogen and oxygen atoms in total. The third kappa shape index (κ3) is 5.02. The zero-order valence-electron chi connectivity index (χ0n) is 17.2. The van der Waals surface area contributed by atoms with Crippen molar-refractivity contribution in [2.24, 2.45) is 0 Å². The predicted molar refractivity (Wildman–Crippen MR) is 121 cm³/mol. The summed E-state index contributed by atoms with van der Waals surface area (Å²) in [5, 5.41) is 3.09. The Bertz CT molecular complexity index is 808. The Hall–Kier alpha value is -2.14. The number of carbonyl (C=O) groups is 1. The Morgan fingerprint density at radius 1 is 1.21 bits per heavy atom. The van der Waals surface area contributed by atoms with Gasteiger partial charge in [0.15, 0.2) is 0 Å². The number of carbonyl (C=O) groups excluding carboxylic acids is 1. The normalized spacial score (nSPS) is 13.2. The third-order valence-corrected chi connectivity index (χ3v) is 6.24. The van der Waals surface area contributed by atoms with Crippen LogP contribution >= 0.6 is 11.8 Å². The molecule has 0 aromatic heterocycles. The molecule has 0 aliphatic carbocycles. The van der Waals surface area contributed by atoms with Gasteiger partial charge in [-0.1, -0.05) is 12.1 Å². The Morgan fingerprint density at radius 2 is 2.07 bits per heavy atom. The van der Waals surface area contributed by atoms with Gasteiger partial charge in [-0.3, -0.25) is 4.79 Å². The molecule has 0 bridgehead atoms. The number of rotatable bonds is 8. The highest BCUT2D eigenvalue weighted by Gasteiger charge is 2.18. The van der Waals surface area contributed by atoms with Crippen LogP contribution in [0.3, 0.4) is 0 Å². The highest BCUT2D eigenvalue weighted by molar-refractivity contribution is 7.99. The van der Waals surface area contributed by atoms with E-state index in [0.29, 0.717) is 6.54 Å². The van der Waals surface area contributed by atoms with Gasteiger partial charge in [-0.2, -0.15) is 0 Å². The van der Waals surface area contributed by atoms with Crippen LogP contribution in [0.4, 0.5) is 11.4 Å². The molecule has 5 heteroatoms. The standard InChI is InChI=1S/C23H31N3OS/c1-4-25(20-9-6-8-18(3)16-20)13-7-12-24-23(27)19-10-11-22-21(17-19)26(5-2)14-15-28-22/h6,8-11,16-17H,4-5,7,12-15H2,1-3H3,(H,24,27). The highest BCUT2D eigenvalue weighted by Crippen LogP contribution is 2.35. The van der Waals surface area contributed by atoms with Gasteiger partial charge in [-0.15, -0.1) is 11.8 Å². The van der Waals surface area contributed by atoms with Crippen molar-refractivity contribution in [2.75, 3.05) is 48.3 Å². The first kappa shape index (κ1) is 20.6. The van der Waals surface area contributed by atoms with Crippen LogP contribution in [0.5, 0.6) is 0 Å². The first-order chi connectivity index (χ1) is 13.6. The van der Waals surface area contributed by atoms with Gasteiger partial charge < -0.3 is 15.1 Å². The van der Waals surface area contributed by atoms with Gasteiger partial charge in [-0.25, -0.2) is 0 Å². The summed E-state index contributed by atoms with van der Waals surface area (Å²) in [5.41, 5.74) is 4.48. The lowest BCUT2D eigenvalue weighted by Gasteiger charge is -2.30. The van der Waals surface area contributed by atoms with Crippen LogP contribution in [-0.4, -0.2) is 44.4 Å². The van der Waals surface area contributed by atoms with Crippen molar-refractivity contribution in [3.05, 3.63) is 53.6 Å². The highest BCUT2D eigenvalue weighted by atomic mass is 32.2. The number of anilines is 2. The smallest absolute Gasteiger partial charge is 0.251 e. The molecule has 150 valence electrons. The van der Waals surface area contributed by atoms with E-state index in [1.807, 2.05) is 23.9 Å². The molecular formula is C23H31N3OS. The summed E-state index contributed by atoms with van der Waals surface area (Å²) in [6, 6.07) is 14.7. The van der Waals surface area contributed by atoms with Crippen molar-refractivity contribution >= 4 is 29.0 Å². The Balaban J connectivity index is 1.53. The number of hydrogen-bond acceptors (Lipinski definition) is 4. The van der Waals surface area contributed by atoms with E-state index in [9.17, 15) is 4.79 Å². The monoisotopic (exact) mass is 397 g/mol. The molecule has 1 N–H and O–H groups in total. The van der Waals surface area contributed by atoms with Crippen LogP contribution < -0.4 is 15.1 Å². The lowest BCUT2D eigenvalue weighted by Crippen LogP contribution is -2.31. The van der Waals surface area contributed by atoms with Crippen molar-refractivity contribution in [1.82, 2.24) is 5.32 Å². The number of nitrogens with zero attached hydrogens (tertiary/aromatic N) is 2. The number of thioether (sulfide) groups is 1. The Morgan fingerprint density at radius 3 is 2.82 bits per heavy atom. The SMILES string of the molecule is CCN(CCCNC(=O)c1ccc2c(c1)N(CC)CCS2)c1cccc(C)c1. The minimum absolute atomic E-state index is 0.0213. The molecule has 0 spiro atoms. The zero-order valence-corrected chi connectivity index (χ0v) is 18.0. The largest absolute Gasteiger partial charge is 0.372 e. The average Bonchev–Trinajstić information content (AvgIpc) is 2.72. The van der Waals surface area contributed by atoms with Crippen molar-refractivity contribution in [2.45, 2.75) is 32.1 Å². The molecule has 1 amide bonds. The van der Waals surface area contributed by atoms with Gasteiger partial charge in [0.25, 0.3) is 5.91 Å². The van der Waals surface area contributed by atoms with Crippen LogP contribution in [0, 0.1) is 6.92 Å². The molecule has 0 fully saturated rings. The number of hydrogen-bond donors (Lipinski definition) is 1. The summed E-state index contributed by atoms with van der Waals surface area (Å²) in [6.07, 6.45) is 0.926. The van der Waals surface area contributed by atoms with Gasteiger partial charge in [0.1, 0.15) is 0 Å². The second kappa shape index (κ2) is 9.87. The van der Waals surface area contributed by atoms with E-state index in [-0.39, 0.29) is 5.91 Å². The third-order valence-electron chi connectivity index (χ3n) is 5.20.